The molecule has 0 bridgehead atoms. The van der Waals surface area contributed by atoms with Crippen molar-refractivity contribution in [2.45, 2.75) is 13.2 Å². The molecule has 0 saturated carbocycles. The van der Waals surface area contributed by atoms with E-state index in [1.54, 1.807) is 13.1 Å². The second-order valence-corrected chi connectivity index (χ2v) is 5.92. The number of aromatic nitrogens is 1. The number of carbonyl (C=O) groups excluding carboxylic acids is 1. The number of amides is 1. The molecule has 0 unspecified atom stereocenters. The maximum absolute atomic E-state index is 14.6. The van der Waals surface area contributed by atoms with Gasteiger partial charge in [-0.15, -0.1) is 0 Å². The Bertz CT molecular complexity index is 998. The van der Waals surface area contributed by atoms with Gasteiger partial charge in [-0.1, -0.05) is 6.07 Å². The van der Waals surface area contributed by atoms with Crippen molar-refractivity contribution in [3.63, 3.8) is 0 Å². The smallest absolute Gasteiger partial charge is 0.275 e. The van der Waals surface area contributed by atoms with Crippen LogP contribution in [0, 0.1) is 11.6 Å². The predicted octanol–water partition coefficient (Wildman–Crippen LogP) is 3.01. The van der Waals surface area contributed by atoms with Crippen molar-refractivity contribution in [3.8, 4) is 11.3 Å². The Morgan fingerprint density at radius 3 is 2.80 bits per heavy atom. The van der Waals surface area contributed by atoms with Gasteiger partial charge in [-0.25, -0.2) is 14.3 Å². The van der Waals surface area contributed by atoms with Crippen LogP contribution in [0.25, 0.3) is 22.2 Å². The largest absolute Gasteiger partial charge is 0.354 e. The minimum atomic E-state index is -0.552. The van der Waals surface area contributed by atoms with Crippen LogP contribution >= 0.6 is 0 Å². The third-order valence-electron chi connectivity index (χ3n) is 4.28. The molecule has 1 aliphatic rings. The summed E-state index contributed by atoms with van der Waals surface area (Å²) >= 11 is 0. The van der Waals surface area contributed by atoms with E-state index in [1.807, 2.05) is 6.07 Å². The summed E-state index contributed by atoms with van der Waals surface area (Å²) in [6.07, 6.45) is 0. The Morgan fingerprint density at radius 1 is 1.20 bits per heavy atom. The van der Waals surface area contributed by atoms with Crippen molar-refractivity contribution < 1.29 is 18.4 Å². The van der Waals surface area contributed by atoms with Crippen LogP contribution in [0.5, 0.6) is 0 Å². The van der Waals surface area contributed by atoms with E-state index in [1.165, 1.54) is 12.1 Å². The van der Waals surface area contributed by atoms with E-state index in [9.17, 15) is 13.6 Å². The van der Waals surface area contributed by atoms with Gasteiger partial charge in [-0.05, 0) is 36.9 Å². The Morgan fingerprint density at radius 2 is 2.04 bits per heavy atom. The lowest BCUT2D eigenvalue weighted by molar-refractivity contribution is 0.0255. The summed E-state index contributed by atoms with van der Waals surface area (Å²) in [6, 6.07) is 7.37. The van der Waals surface area contributed by atoms with E-state index in [0.717, 1.165) is 11.6 Å². The summed E-state index contributed by atoms with van der Waals surface area (Å²) in [4.78, 5) is 20.3. The molecule has 5 nitrogen and oxygen atoms in total. The number of aromatic amines is 1. The first-order valence-electron chi connectivity index (χ1n) is 7.78. The molecule has 2 aromatic carbocycles. The fourth-order valence-corrected chi connectivity index (χ4v) is 3.22. The van der Waals surface area contributed by atoms with Gasteiger partial charge in [0.25, 0.3) is 5.91 Å². The van der Waals surface area contributed by atoms with E-state index in [0.29, 0.717) is 34.3 Å². The third-order valence-corrected chi connectivity index (χ3v) is 4.28. The van der Waals surface area contributed by atoms with Gasteiger partial charge in [0.05, 0.1) is 11.3 Å². The van der Waals surface area contributed by atoms with Gasteiger partial charge in [0.15, 0.2) is 0 Å². The van der Waals surface area contributed by atoms with Gasteiger partial charge in [0.2, 0.25) is 0 Å². The van der Waals surface area contributed by atoms with E-state index in [-0.39, 0.29) is 12.2 Å². The minimum Gasteiger partial charge on any atom is -0.354 e. The first-order chi connectivity index (χ1) is 12.1. The fraction of sp³-hybridized carbons (Fsp3) is 0.167. The van der Waals surface area contributed by atoms with Gasteiger partial charge in [0, 0.05) is 28.6 Å². The van der Waals surface area contributed by atoms with Crippen LogP contribution in [0.4, 0.5) is 8.78 Å². The number of benzene rings is 2. The highest BCUT2D eigenvalue weighted by Crippen LogP contribution is 2.36. The maximum Gasteiger partial charge on any atom is 0.275 e. The van der Waals surface area contributed by atoms with Gasteiger partial charge >= 0.3 is 0 Å². The van der Waals surface area contributed by atoms with Crippen LogP contribution in [0.1, 0.15) is 21.5 Å². The Balaban J connectivity index is 1.96. The number of carbonyl (C=O) groups is 1. The molecule has 1 aromatic heterocycles. The highest BCUT2D eigenvalue weighted by molar-refractivity contribution is 6.09. The molecule has 2 heterocycles. The van der Waals surface area contributed by atoms with Gasteiger partial charge in [0.1, 0.15) is 18.2 Å². The molecule has 0 atom stereocenters. The zero-order valence-corrected chi connectivity index (χ0v) is 13.4. The lowest BCUT2D eigenvalue weighted by Crippen LogP contribution is -2.21. The number of nitrogens with one attached hydrogen (secondary N) is 3. The number of rotatable bonds is 3. The average Bonchev–Trinajstić information content (AvgIpc) is 2.83. The molecule has 1 aliphatic heterocycles. The summed E-state index contributed by atoms with van der Waals surface area (Å²) in [5, 5.41) is 3.51. The highest BCUT2D eigenvalue weighted by Gasteiger charge is 2.25. The lowest BCUT2D eigenvalue weighted by atomic mass is 10.0. The maximum atomic E-state index is 14.6. The molecule has 0 spiro atoms. The van der Waals surface area contributed by atoms with Crippen molar-refractivity contribution in [1.82, 2.24) is 15.8 Å². The molecule has 3 N–H and O–H groups in total. The van der Waals surface area contributed by atoms with Crippen molar-refractivity contribution in [3.05, 3.63) is 58.7 Å². The first-order valence-corrected chi connectivity index (χ1v) is 7.78. The van der Waals surface area contributed by atoms with Crippen LogP contribution in [0.15, 0.2) is 30.3 Å². The summed E-state index contributed by atoms with van der Waals surface area (Å²) in [6.45, 7) is 0.602. The van der Waals surface area contributed by atoms with E-state index < -0.39 is 17.5 Å². The van der Waals surface area contributed by atoms with Gasteiger partial charge < -0.3 is 10.3 Å². The summed E-state index contributed by atoms with van der Waals surface area (Å²) < 4.78 is 28.5. The molecule has 25 heavy (non-hydrogen) atoms. The lowest BCUT2D eigenvalue weighted by Gasteiger charge is -2.07. The topological polar surface area (TPSA) is 66.2 Å². The summed E-state index contributed by atoms with van der Waals surface area (Å²) in [5.74, 6) is -1.48. The van der Waals surface area contributed by atoms with Gasteiger partial charge in [-0.2, -0.15) is 0 Å². The normalized spacial score (nSPS) is 13.8. The number of hydroxylamine groups is 1. The van der Waals surface area contributed by atoms with Crippen molar-refractivity contribution in [1.29, 1.82) is 0 Å². The third kappa shape index (κ3) is 2.57. The molecule has 128 valence electrons. The molecule has 7 heteroatoms. The molecule has 0 fully saturated rings. The SMILES string of the molecule is CNCc1ccc(-c2[nH]c3cc(F)cc4c3c2CONC4=O)c(F)c1. The minimum absolute atomic E-state index is 0.0530. The standard InChI is InChI=1S/C18H15F2N3O2/c1-21-7-9-2-3-11(14(20)4-9)17-13-8-25-23-18(24)12-5-10(19)6-15(22-17)16(12)13/h2-6,21-22H,7-8H2,1H3,(H,23,24). The monoisotopic (exact) mass is 343 g/mol. The molecule has 0 radical (unpaired) electrons. The molecule has 4 rings (SSSR count). The van der Waals surface area contributed by atoms with Crippen LogP contribution in [0.3, 0.4) is 0 Å². The molecular weight excluding hydrogens is 328 g/mol. The molecular formula is C18H15F2N3O2. The molecule has 0 saturated heterocycles. The molecule has 1 amide bonds. The summed E-state index contributed by atoms with van der Waals surface area (Å²) in [7, 11) is 1.79. The molecule has 3 aromatic rings. The Kier molecular flexibility index (Phi) is 3.74. The van der Waals surface area contributed by atoms with E-state index in [4.69, 9.17) is 4.84 Å². The molecule has 0 aliphatic carbocycles. The highest BCUT2D eigenvalue weighted by atomic mass is 19.1. The van der Waals surface area contributed by atoms with E-state index in [2.05, 4.69) is 15.8 Å². The Labute approximate surface area is 141 Å². The van der Waals surface area contributed by atoms with Crippen LogP contribution in [-0.4, -0.2) is 17.9 Å². The number of hydrogen-bond donors (Lipinski definition) is 3. The Hall–Kier alpha value is -2.77. The average molecular weight is 343 g/mol. The number of hydrogen-bond acceptors (Lipinski definition) is 3. The quantitative estimate of drug-likeness (QED) is 0.685. The van der Waals surface area contributed by atoms with Crippen LogP contribution < -0.4 is 10.8 Å². The second kappa shape index (κ2) is 5.94. The first kappa shape index (κ1) is 15.7. The van der Waals surface area contributed by atoms with Crippen molar-refractivity contribution in [2.75, 3.05) is 7.05 Å². The van der Waals surface area contributed by atoms with Gasteiger partial charge in [-0.3, -0.25) is 9.63 Å². The van der Waals surface area contributed by atoms with E-state index >= 15 is 0 Å². The van der Waals surface area contributed by atoms with Crippen LogP contribution in [-0.2, 0) is 18.0 Å². The zero-order chi connectivity index (χ0) is 17.6. The van der Waals surface area contributed by atoms with Crippen molar-refractivity contribution in [2.24, 2.45) is 0 Å². The van der Waals surface area contributed by atoms with Crippen LogP contribution in [0.2, 0.25) is 0 Å². The zero-order valence-electron chi connectivity index (χ0n) is 13.4. The second-order valence-electron chi connectivity index (χ2n) is 5.92. The summed E-state index contributed by atoms with van der Waals surface area (Å²) in [5.41, 5.74) is 5.10. The number of halogens is 2. The number of H-pyrrole nitrogens is 1. The predicted molar refractivity (Wildman–Crippen MR) is 88.7 cm³/mol. The fourth-order valence-electron chi connectivity index (χ4n) is 3.22. The van der Waals surface area contributed by atoms with Crippen molar-refractivity contribution >= 4 is 16.8 Å².